The average Bonchev–Trinajstić information content (AvgIpc) is 2.37. The fourth-order valence-electron chi connectivity index (χ4n) is 1.65. The van der Waals surface area contributed by atoms with Crippen molar-refractivity contribution in [1.82, 2.24) is 5.32 Å². The molecule has 0 unspecified atom stereocenters. The van der Waals surface area contributed by atoms with Crippen molar-refractivity contribution in [3.63, 3.8) is 0 Å². The smallest absolute Gasteiger partial charge is 0.123 e. The minimum Gasteiger partial charge on any atom is -0.385 e. The number of hydrogen-bond donors (Lipinski definition) is 1. The van der Waals surface area contributed by atoms with Crippen LogP contribution in [-0.4, -0.2) is 33.5 Å². The van der Waals surface area contributed by atoms with Crippen LogP contribution >= 0.6 is 0 Å². The van der Waals surface area contributed by atoms with Crippen LogP contribution in [0.3, 0.4) is 0 Å². The topological polar surface area (TPSA) is 30.5 Å². The van der Waals surface area contributed by atoms with Gasteiger partial charge in [0.2, 0.25) is 0 Å². The largest absolute Gasteiger partial charge is 0.385 e. The minimum absolute atomic E-state index is 0.128. The predicted molar refractivity (Wildman–Crippen MR) is 70.1 cm³/mol. The molecule has 0 spiro atoms. The molecule has 1 atom stereocenters. The van der Waals surface area contributed by atoms with Crippen LogP contribution in [0.25, 0.3) is 0 Å². The van der Waals surface area contributed by atoms with Gasteiger partial charge in [-0.25, -0.2) is 4.39 Å². The maximum Gasteiger partial charge on any atom is 0.123 e. The molecule has 0 aliphatic carbocycles. The third-order valence-electron chi connectivity index (χ3n) is 2.68. The van der Waals surface area contributed by atoms with Gasteiger partial charge in [-0.3, -0.25) is 0 Å². The van der Waals surface area contributed by atoms with Crippen molar-refractivity contribution < 1.29 is 13.9 Å². The zero-order valence-electron chi connectivity index (χ0n) is 11.1. The van der Waals surface area contributed by atoms with Crippen molar-refractivity contribution in [1.29, 1.82) is 0 Å². The summed E-state index contributed by atoms with van der Waals surface area (Å²) in [5.74, 6) is -0.197. The Morgan fingerprint density at radius 3 is 2.83 bits per heavy atom. The molecule has 0 radical (unpaired) electrons. The zero-order valence-corrected chi connectivity index (χ0v) is 11.1. The summed E-state index contributed by atoms with van der Waals surface area (Å²) in [5.41, 5.74) is 0.953. The molecule has 1 aromatic carbocycles. The SMILES string of the molecule is COCCCOCCN[C@H](C)c1cccc(F)c1. The van der Waals surface area contributed by atoms with E-state index in [2.05, 4.69) is 5.32 Å². The molecule has 3 nitrogen and oxygen atoms in total. The molecule has 1 N–H and O–H groups in total. The predicted octanol–water partition coefficient (Wildman–Crippen LogP) is 2.53. The molecule has 0 aliphatic heterocycles. The minimum atomic E-state index is -0.197. The average molecular weight is 255 g/mol. The quantitative estimate of drug-likeness (QED) is 0.688. The number of halogens is 1. The Bertz CT molecular complexity index is 333. The van der Waals surface area contributed by atoms with Gasteiger partial charge in [0, 0.05) is 32.9 Å². The molecule has 1 aromatic rings. The molecule has 0 saturated heterocycles. The first-order valence-corrected chi connectivity index (χ1v) is 6.29. The maximum atomic E-state index is 13.0. The highest BCUT2D eigenvalue weighted by Gasteiger charge is 2.04. The molecule has 18 heavy (non-hydrogen) atoms. The van der Waals surface area contributed by atoms with Gasteiger partial charge >= 0.3 is 0 Å². The van der Waals surface area contributed by atoms with Crippen LogP contribution < -0.4 is 5.32 Å². The summed E-state index contributed by atoms with van der Waals surface area (Å²) in [7, 11) is 1.68. The zero-order chi connectivity index (χ0) is 13.2. The molecule has 0 aliphatic rings. The lowest BCUT2D eigenvalue weighted by atomic mass is 10.1. The van der Waals surface area contributed by atoms with Crippen molar-refractivity contribution in [3.05, 3.63) is 35.6 Å². The molecular weight excluding hydrogens is 233 g/mol. The van der Waals surface area contributed by atoms with E-state index in [0.29, 0.717) is 13.2 Å². The fourth-order valence-corrected chi connectivity index (χ4v) is 1.65. The van der Waals surface area contributed by atoms with E-state index in [0.717, 1.165) is 25.1 Å². The summed E-state index contributed by atoms with van der Waals surface area (Å²) in [4.78, 5) is 0. The molecule has 0 bridgehead atoms. The van der Waals surface area contributed by atoms with Gasteiger partial charge in [-0.1, -0.05) is 12.1 Å². The molecule has 1 rings (SSSR count). The Hall–Kier alpha value is -0.970. The number of methoxy groups -OCH3 is 1. The van der Waals surface area contributed by atoms with Crippen LogP contribution in [0.4, 0.5) is 4.39 Å². The van der Waals surface area contributed by atoms with E-state index in [1.54, 1.807) is 19.2 Å². The molecule has 102 valence electrons. The summed E-state index contributed by atoms with van der Waals surface area (Å²) < 4.78 is 23.4. The van der Waals surface area contributed by atoms with Crippen LogP contribution in [0.1, 0.15) is 24.9 Å². The highest BCUT2D eigenvalue weighted by molar-refractivity contribution is 5.19. The van der Waals surface area contributed by atoms with Gasteiger partial charge in [0.25, 0.3) is 0 Å². The van der Waals surface area contributed by atoms with Gasteiger partial charge in [-0.15, -0.1) is 0 Å². The first-order valence-electron chi connectivity index (χ1n) is 6.29. The Morgan fingerprint density at radius 1 is 1.28 bits per heavy atom. The summed E-state index contributed by atoms with van der Waals surface area (Å²) in [5, 5.41) is 3.29. The monoisotopic (exact) mass is 255 g/mol. The molecule has 0 saturated carbocycles. The Kier molecular flexibility index (Phi) is 7.57. The van der Waals surface area contributed by atoms with Crippen molar-refractivity contribution in [2.75, 3.05) is 33.5 Å². The number of hydrogen-bond acceptors (Lipinski definition) is 3. The lowest BCUT2D eigenvalue weighted by molar-refractivity contribution is 0.103. The lowest BCUT2D eigenvalue weighted by Crippen LogP contribution is -2.23. The van der Waals surface area contributed by atoms with E-state index in [4.69, 9.17) is 9.47 Å². The number of rotatable bonds is 9. The number of ether oxygens (including phenoxy) is 2. The molecule has 0 fully saturated rings. The van der Waals surface area contributed by atoms with Crippen molar-refractivity contribution in [2.45, 2.75) is 19.4 Å². The van der Waals surface area contributed by atoms with E-state index in [-0.39, 0.29) is 11.9 Å². The first-order chi connectivity index (χ1) is 8.74. The summed E-state index contributed by atoms with van der Waals surface area (Å²) in [6.07, 6.45) is 0.913. The van der Waals surface area contributed by atoms with Gasteiger partial charge in [0.1, 0.15) is 5.82 Å². The van der Waals surface area contributed by atoms with Crippen molar-refractivity contribution in [2.24, 2.45) is 0 Å². The van der Waals surface area contributed by atoms with Gasteiger partial charge < -0.3 is 14.8 Å². The second kappa shape index (κ2) is 9.03. The first kappa shape index (κ1) is 15.1. The summed E-state index contributed by atoms with van der Waals surface area (Å²) in [6, 6.07) is 6.78. The van der Waals surface area contributed by atoms with E-state index >= 15 is 0 Å². The summed E-state index contributed by atoms with van der Waals surface area (Å²) >= 11 is 0. The second-order valence-corrected chi connectivity index (χ2v) is 4.19. The van der Waals surface area contributed by atoms with Gasteiger partial charge in [-0.2, -0.15) is 0 Å². The van der Waals surface area contributed by atoms with Crippen molar-refractivity contribution in [3.8, 4) is 0 Å². The van der Waals surface area contributed by atoms with Gasteiger partial charge in [0.15, 0.2) is 0 Å². The van der Waals surface area contributed by atoms with Crippen LogP contribution in [0, 0.1) is 5.82 Å². The third kappa shape index (κ3) is 6.10. The van der Waals surface area contributed by atoms with Crippen LogP contribution in [0.15, 0.2) is 24.3 Å². The van der Waals surface area contributed by atoms with Gasteiger partial charge in [-0.05, 0) is 31.0 Å². The maximum absolute atomic E-state index is 13.0. The third-order valence-corrected chi connectivity index (χ3v) is 2.68. The number of benzene rings is 1. The molecule has 0 aromatic heterocycles. The van der Waals surface area contributed by atoms with Gasteiger partial charge in [0.05, 0.1) is 6.61 Å². The lowest BCUT2D eigenvalue weighted by Gasteiger charge is -2.14. The molecule has 4 heteroatoms. The van der Waals surface area contributed by atoms with E-state index in [1.165, 1.54) is 6.07 Å². The molecule has 0 heterocycles. The normalized spacial score (nSPS) is 12.6. The fraction of sp³-hybridized carbons (Fsp3) is 0.571. The van der Waals surface area contributed by atoms with E-state index in [9.17, 15) is 4.39 Å². The standard InChI is InChI=1S/C14H22FNO2/c1-12(13-5-3-6-14(15)11-13)16-7-10-18-9-4-8-17-2/h3,5-6,11-12,16H,4,7-10H2,1-2H3/t12-/m1/s1. The molecular formula is C14H22FNO2. The Morgan fingerprint density at radius 2 is 2.11 bits per heavy atom. The summed E-state index contributed by atoms with van der Waals surface area (Å²) in [6.45, 7) is 4.87. The van der Waals surface area contributed by atoms with Crippen LogP contribution in [0.5, 0.6) is 0 Å². The van der Waals surface area contributed by atoms with Crippen LogP contribution in [0.2, 0.25) is 0 Å². The van der Waals surface area contributed by atoms with Crippen LogP contribution in [-0.2, 0) is 9.47 Å². The highest BCUT2D eigenvalue weighted by atomic mass is 19.1. The second-order valence-electron chi connectivity index (χ2n) is 4.19. The van der Waals surface area contributed by atoms with E-state index < -0.39 is 0 Å². The van der Waals surface area contributed by atoms with E-state index in [1.807, 2.05) is 13.0 Å². The Balaban J connectivity index is 2.12. The highest BCUT2D eigenvalue weighted by Crippen LogP contribution is 2.12. The molecule has 0 amide bonds. The Labute approximate surface area is 108 Å². The number of nitrogens with one attached hydrogen (secondary N) is 1. The van der Waals surface area contributed by atoms with Crippen molar-refractivity contribution >= 4 is 0 Å².